The Morgan fingerprint density at radius 2 is 1.74 bits per heavy atom. The van der Waals surface area contributed by atoms with E-state index in [-0.39, 0.29) is 28.9 Å². The van der Waals surface area contributed by atoms with E-state index in [0.29, 0.717) is 23.2 Å². The molecule has 2 amide bonds. The summed E-state index contributed by atoms with van der Waals surface area (Å²) in [5.74, 6) is -4.16. The summed E-state index contributed by atoms with van der Waals surface area (Å²) in [6.45, 7) is 1.75. The number of nitrogens with zero attached hydrogens (tertiary/aromatic N) is 1. The van der Waals surface area contributed by atoms with Gasteiger partial charge in [-0.05, 0) is 61.7 Å². The van der Waals surface area contributed by atoms with Gasteiger partial charge in [0.2, 0.25) is 21.8 Å². The molecule has 3 rings (SSSR count). The molecule has 1 saturated carbocycles. The van der Waals surface area contributed by atoms with Crippen molar-refractivity contribution in [2.45, 2.75) is 69.0 Å². The Bertz CT molecular complexity index is 1530. The van der Waals surface area contributed by atoms with Crippen LogP contribution in [0.15, 0.2) is 46.3 Å². The average Bonchev–Trinajstić information content (AvgIpc) is 2.99. The lowest BCUT2D eigenvalue weighted by molar-refractivity contribution is -0.192. The largest absolute Gasteiger partial charge is 0.494 e. The van der Waals surface area contributed by atoms with E-state index in [1.54, 1.807) is 13.0 Å². The van der Waals surface area contributed by atoms with Gasteiger partial charge in [-0.15, -0.1) is 0 Å². The van der Waals surface area contributed by atoms with Crippen molar-refractivity contribution in [3.63, 3.8) is 0 Å². The van der Waals surface area contributed by atoms with E-state index in [4.69, 9.17) is 20.4 Å². The number of nitrogens with two attached hydrogens (primary N) is 1. The third-order valence-electron chi connectivity index (χ3n) is 7.02. The number of hydrogen-bond acceptors (Lipinski definition) is 7. The zero-order chi connectivity index (χ0) is 34.7. The number of rotatable bonds is 10. The summed E-state index contributed by atoms with van der Waals surface area (Å²) in [5.41, 5.74) is 7.57. The number of aliphatic carboxylic acids is 1. The Morgan fingerprint density at radius 1 is 1.11 bits per heavy atom. The molecule has 0 radical (unpaired) electrons. The monoisotopic (exact) mass is 675 g/mol. The normalized spacial score (nSPS) is 14.8. The molecule has 254 valence electrons. The van der Waals surface area contributed by atoms with Crippen molar-refractivity contribution in [3.05, 3.63) is 53.3 Å². The summed E-state index contributed by atoms with van der Waals surface area (Å²) in [6, 6.07) is 7.66. The van der Waals surface area contributed by atoms with Crippen LogP contribution in [-0.4, -0.2) is 63.6 Å². The summed E-state index contributed by atoms with van der Waals surface area (Å²) in [5, 5.41) is 12.4. The van der Waals surface area contributed by atoms with Crippen LogP contribution in [0.2, 0.25) is 0 Å². The van der Waals surface area contributed by atoms with E-state index in [2.05, 4.69) is 20.3 Å². The molecule has 2 aromatic carbocycles. The number of guanidine groups is 1. The van der Waals surface area contributed by atoms with Crippen LogP contribution in [0.25, 0.3) is 0 Å². The number of carbonyl (C=O) groups is 3. The molecule has 0 saturated heterocycles. The molecular weight excluding hydrogens is 638 g/mol. The van der Waals surface area contributed by atoms with Gasteiger partial charge in [0.1, 0.15) is 6.04 Å². The van der Waals surface area contributed by atoms with Crippen LogP contribution in [0, 0.1) is 18.7 Å². The number of ether oxygens (including phenoxy) is 1. The van der Waals surface area contributed by atoms with Gasteiger partial charge in [0.05, 0.1) is 18.4 Å². The van der Waals surface area contributed by atoms with E-state index >= 15 is 0 Å². The number of sulfonamides is 1. The van der Waals surface area contributed by atoms with E-state index in [1.807, 2.05) is 0 Å². The van der Waals surface area contributed by atoms with Crippen LogP contribution in [0.3, 0.4) is 0 Å². The summed E-state index contributed by atoms with van der Waals surface area (Å²) >= 11 is 0. The second-order valence-corrected chi connectivity index (χ2v) is 12.3. The lowest BCUT2D eigenvalue weighted by Gasteiger charge is -2.25. The van der Waals surface area contributed by atoms with Gasteiger partial charge < -0.3 is 20.9 Å². The zero-order valence-corrected chi connectivity index (χ0v) is 26.2. The Balaban J connectivity index is 0.000000942. The highest BCUT2D eigenvalue weighted by Crippen LogP contribution is 2.29. The molecule has 12 nitrogen and oxygen atoms in total. The van der Waals surface area contributed by atoms with E-state index < -0.39 is 45.8 Å². The number of methoxy groups -OCH3 is 1. The summed E-state index contributed by atoms with van der Waals surface area (Å²) in [7, 11) is -1.06. The maximum atomic E-state index is 13.7. The molecule has 0 aromatic heterocycles. The fourth-order valence-corrected chi connectivity index (χ4v) is 5.34. The van der Waals surface area contributed by atoms with Crippen LogP contribution in [-0.2, 0) is 30.8 Å². The lowest BCUT2D eigenvalue weighted by Crippen LogP contribution is -2.40. The molecule has 2 aromatic rings. The Morgan fingerprint density at radius 3 is 2.30 bits per heavy atom. The minimum atomic E-state index is -5.08. The molecule has 0 aliphatic heterocycles. The van der Waals surface area contributed by atoms with Crippen LogP contribution in [0.5, 0.6) is 5.75 Å². The number of carboxylic acids is 1. The Kier molecular flexibility index (Phi) is 13.9. The van der Waals surface area contributed by atoms with Gasteiger partial charge in [-0.2, -0.15) is 13.2 Å². The number of halogens is 4. The molecule has 46 heavy (non-hydrogen) atoms. The topological polar surface area (TPSA) is 189 Å². The maximum absolute atomic E-state index is 13.7. The third kappa shape index (κ3) is 11.9. The number of carboxylic acid groups (broad SMARTS) is 1. The predicted octanol–water partition coefficient (Wildman–Crippen LogP) is 3.64. The standard InChI is InChI=1S/C27H36FN5O5S.C2HF3O2/c1-17-9-11-20(39(36,37)30-2)16-22(17)31-26(35)23(13-18-7-5-4-6-8-18)32-27(29)33-25(34)15-19-10-12-21(28)24(14-19)38-3;3-2(4,5)1(6)7/h9-12,14,16,18,23,30H,4-8,13,15H2,1-3H3,(H,31,35)(H3,29,32,33,34);(H,6,7)/t23-;/m1./s1. The Hall–Kier alpha value is -4.25. The van der Waals surface area contributed by atoms with Crippen molar-refractivity contribution in [2.24, 2.45) is 16.6 Å². The molecule has 0 spiro atoms. The molecule has 17 heteroatoms. The fraction of sp³-hybridized carbons (Fsp3) is 0.448. The molecule has 0 heterocycles. The lowest BCUT2D eigenvalue weighted by atomic mass is 9.84. The second kappa shape index (κ2) is 16.9. The van der Waals surface area contributed by atoms with Crippen molar-refractivity contribution in [3.8, 4) is 5.75 Å². The summed E-state index contributed by atoms with van der Waals surface area (Å²) in [4.78, 5) is 39.2. The maximum Gasteiger partial charge on any atom is 0.490 e. The highest BCUT2D eigenvalue weighted by atomic mass is 32.2. The second-order valence-electron chi connectivity index (χ2n) is 10.4. The minimum Gasteiger partial charge on any atom is -0.494 e. The average molecular weight is 676 g/mol. The molecule has 1 fully saturated rings. The number of nitrogens with one attached hydrogen (secondary N) is 3. The number of alkyl halides is 3. The first-order chi connectivity index (χ1) is 21.5. The molecule has 0 unspecified atom stereocenters. The van der Waals surface area contributed by atoms with Gasteiger partial charge in [-0.1, -0.05) is 44.2 Å². The van der Waals surface area contributed by atoms with Crippen molar-refractivity contribution >= 4 is 39.5 Å². The molecule has 1 atom stereocenters. The highest BCUT2D eigenvalue weighted by Gasteiger charge is 2.38. The molecule has 1 aliphatic carbocycles. The van der Waals surface area contributed by atoms with Crippen molar-refractivity contribution in [1.29, 1.82) is 0 Å². The number of aliphatic imine (C=N–C) groups is 1. The molecule has 6 N–H and O–H groups in total. The van der Waals surface area contributed by atoms with E-state index in [9.17, 15) is 35.6 Å². The Labute approximate surface area is 263 Å². The number of carbonyl (C=O) groups excluding carboxylic acids is 2. The fourth-order valence-electron chi connectivity index (χ4n) is 4.58. The van der Waals surface area contributed by atoms with Gasteiger partial charge in [-0.3, -0.25) is 14.9 Å². The van der Waals surface area contributed by atoms with Crippen molar-refractivity contribution < 1.29 is 50.2 Å². The van der Waals surface area contributed by atoms with Crippen molar-refractivity contribution in [2.75, 3.05) is 19.5 Å². The van der Waals surface area contributed by atoms with Crippen LogP contribution in [0.4, 0.5) is 23.2 Å². The van der Waals surface area contributed by atoms with Crippen LogP contribution in [0.1, 0.15) is 49.7 Å². The van der Waals surface area contributed by atoms with Crippen LogP contribution < -0.4 is 25.8 Å². The number of amides is 2. The first-order valence-electron chi connectivity index (χ1n) is 14.1. The molecule has 0 bridgehead atoms. The van der Waals surface area contributed by atoms with Crippen molar-refractivity contribution in [1.82, 2.24) is 10.0 Å². The van der Waals surface area contributed by atoms with Gasteiger partial charge in [-0.25, -0.2) is 27.3 Å². The first kappa shape index (κ1) is 37.9. The smallest absolute Gasteiger partial charge is 0.490 e. The van der Waals surface area contributed by atoms with Gasteiger partial charge in [0, 0.05) is 5.69 Å². The van der Waals surface area contributed by atoms with Gasteiger partial charge in [0.25, 0.3) is 0 Å². The quantitative estimate of drug-likeness (QED) is 0.143. The summed E-state index contributed by atoms with van der Waals surface area (Å²) in [6.07, 6.45) is 0.469. The number of benzene rings is 2. The number of aryl methyl sites for hydroxylation is 1. The van der Waals surface area contributed by atoms with E-state index in [0.717, 1.165) is 32.1 Å². The SMILES string of the molecule is CNS(=O)(=O)c1ccc(C)c(NC(=O)[C@@H](CC2CCCCC2)N=C(N)NC(=O)Cc2ccc(F)c(OC)c2)c1.O=C(O)C(F)(F)F. The first-order valence-corrected chi connectivity index (χ1v) is 15.6. The number of hydrogen-bond donors (Lipinski definition) is 5. The molecule has 1 aliphatic rings. The van der Waals surface area contributed by atoms with E-state index in [1.165, 1.54) is 44.5 Å². The number of anilines is 1. The molecular formula is C29H37F4N5O7S. The van der Waals surface area contributed by atoms with Gasteiger partial charge >= 0.3 is 12.1 Å². The third-order valence-corrected chi connectivity index (χ3v) is 8.43. The van der Waals surface area contributed by atoms with Gasteiger partial charge in [0.15, 0.2) is 17.5 Å². The van der Waals surface area contributed by atoms with Crippen LogP contribution >= 0.6 is 0 Å². The zero-order valence-electron chi connectivity index (χ0n) is 25.4. The highest BCUT2D eigenvalue weighted by molar-refractivity contribution is 7.89. The summed E-state index contributed by atoms with van der Waals surface area (Å²) < 4.78 is 77.1. The minimum absolute atomic E-state index is 0.0161. The predicted molar refractivity (Wildman–Crippen MR) is 161 cm³/mol.